The van der Waals surface area contributed by atoms with E-state index in [0.29, 0.717) is 12.2 Å². The summed E-state index contributed by atoms with van der Waals surface area (Å²) in [4.78, 5) is 24.8. The predicted molar refractivity (Wildman–Crippen MR) is 105 cm³/mol. The third-order valence-electron chi connectivity index (χ3n) is 4.94. The number of hydrogen-bond acceptors (Lipinski definition) is 3. The molecule has 0 aromatic heterocycles. The first-order valence-electron chi connectivity index (χ1n) is 9.24. The molecule has 1 aliphatic heterocycles. The Kier molecular flexibility index (Phi) is 4.88. The number of hydrogen-bond donors (Lipinski definition) is 1. The van der Waals surface area contributed by atoms with Crippen LogP contribution in [0.4, 0.5) is 0 Å². The lowest BCUT2D eigenvalue weighted by molar-refractivity contribution is -0.122. The van der Waals surface area contributed by atoms with Crippen molar-refractivity contribution in [3.05, 3.63) is 77.9 Å². The van der Waals surface area contributed by atoms with Crippen molar-refractivity contribution in [2.24, 2.45) is 0 Å². The fourth-order valence-electron chi connectivity index (χ4n) is 3.49. The lowest BCUT2D eigenvalue weighted by atomic mass is 9.99. The average molecular weight is 359 g/mol. The number of fused-ring (bicyclic) bond motifs is 2. The Morgan fingerprint density at radius 2 is 1.70 bits per heavy atom. The first kappa shape index (κ1) is 17.3. The molecule has 0 spiro atoms. The van der Waals surface area contributed by atoms with E-state index in [1.54, 1.807) is 0 Å². The zero-order valence-electron chi connectivity index (χ0n) is 15.0. The molecule has 0 saturated carbocycles. The van der Waals surface area contributed by atoms with Gasteiger partial charge in [-0.1, -0.05) is 54.6 Å². The van der Waals surface area contributed by atoms with Crippen molar-refractivity contribution in [3.63, 3.8) is 0 Å². The van der Waals surface area contributed by atoms with E-state index in [4.69, 9.17) is 4.74 Å². The topological polar surface area (TPSA) is 55.4 Å². The van der Waals surface area contributed by atoms with E-state index >= 15 is 0 Å². The van der Waals surface area contributed by atoms with Crippen LogP contribution in [0.2, 0.25) is 0 Å². The summed E-state index contributed by atoms with van der Waals surface area (Å²) in [5, 5.41) is 5.18. The van der Waals surface area contributed by atoms with Crippen LogP contribution in [-0.4, -0.2) is 18.3 Å². The molecule has 1 atom stereocenters. The predicted octanol–water partition coefficient (Wildman–Crippen LogP) is 4.44. The van der Waals surface area contributed by atoms with Gasteiger partial charge >= 0.3 is 0 Å². The molecular formula is C23H21NO3. The molecule has 0 unspecified atom stereocenters. The van der Waals surface area contributed by atoms with Crippen molar-refractivity contribution in [2.45, 2.75) is 25.3 Å². The molecule has 4 heteroatoms. The zero-order valence-corrected chi connectivity index (χ0v) is 15.0. The molecule has 0 radical (unpaired) electrons. The van der Waals surface area contributed by atoms with E-state index in [0.717, 1.165) is 28.5 Å². The molecule has 0 bridgehead atoms. The molecule has 4 nitrogen and oxygen atoms in total. The quantitative estimate of drug-likeness (QED) is 0.685. The molecule has 3 aromatic rings. The average Bonchev–Trinajstić information content (AvgIpc) is 2.72. The molecule has 1 N–H and O–H groups in total. The summed E-state index contributed by atoms with van der Waals surface area (Å²) in [7, 11) is 0. The van der Waals surface area contributed by atoms with E-state index in [9.17, 15) is 9.59 Å². The first-order chi connectivity index (χ1) is 13.2. The summed E-state index contributed by atoms with van der Waals surface area (Å²) in [6, 6.07) is 21.3. The highest BCUT2D eigenvalue weighted by Gasteiger charge is 2.22. The van der Waals surface area contributed by atoms with Gasteiger partial charge in [0, 0.05) is 30.4 Å². The van der Waals surface area contributed by atoms with Gasteiger partial charge in [-0.05, 0) is 22.9 Å². The smallest absolute Gasteiger partial charge is 0.220 e. The Morgan fingerprint density at radius 1 is 0.926 bits per heavy atom. The molecule has 136 valence electrons. The van der Waals surface area contributed by atoms with Gasteiger partial charge in [0.1, 0.15) is 5.75 Å². The van der Waals surface area contributed by atoms with Crippen LogP contribution in [0.25, 0.3) is 10.8 Å². The van der Waals surface area contributed by atoms with Crippen LogP contribution < -0.4 is 10.1 Å². The Labute approximate surface area is 158 Å². The van der Waals surface area contributed by atoms with Crippen LogP contribution >= 0.6 is 0 Å². The minimum Gasteiger partial charge on any atom is -0.493 e. The van der Waals surface area contributed by atoms with Crippen molar-refractivity contribution in [1.29, 1.82) is 0 Å². The maximum Gasteiger partial charge on any atom is 0.220 e. The molecule has 3 aromatic carbocycles. The monoisotopic (exact) mass is 359 g/mol. The Balaban J connectivity index is 1.37. The highest BCUT2D eigenvalue weighted by molar-refractivity contribution is 6.01. The second-order valence-corrected chi connectivity index (χ2v) is 6.78. The standard InChI is InChI=1S/C23H21NO3/c25-21(18-10-9-16-5-1-2-6-17(16)15-18)11-12-23(26)24-20-13-14-27-22-8-4-3-7-19(20)22/h1-10,15,20H,11-14H2,(H,24,26)/t20-/m1/s1. The van der Waals surface area contributed by atoms with E-state index in [1.165, 1.54) is 0 Å². The van der Waals surface area contributed by atoms with Gasteiger partial charge in [-0.25, -0.2) is 0 Å². The molecule has 0 fully saturated rings. The molecular weight excluding hydrogens is 338 g/mol. The Morgan fingerprint density at radius 3 is 2.59 bits per heavy atom. The largest absolute Gasteiger partial charge is 0.493 e. The first-order valence-corrected chi connectivity index (χ1v) is 9.24. The maximum absolute atomic E-state index is 12.5. The molecule has 4 rings (SSSR count). The highest BCUT2D eigenvalue weighted by Crippen LogP contribution is 2.31. The van der Waals surface area contributed by atoms with Crippen molar-refractivity contribution in [3.8, 4) is 5.75 Å². The number of ketones is 1. The Hall–Kier alpha value is -3.14. The normalized spacial score (nSPS) is 15.6. The second kappa shape index (κ2) is 7.62. The van der Waals surface area contributed by atoms with Gasteiger partial charge in [-0.15, -0.1) is 0 Å². The summed E-state index contributed by atoms with van der Waals surface area (Å²) >= 11 is 0. The van der Waals surface area contributed by atoms with E-state index < -0.39 is 0 Å². The van der Waals surface area contributed by atoms with Crippen molar-refractivity contribution < 1.29 is 14.3 Å². The molecule has 1 amide bonds. The maximum atomic E-state index is 12.5. The number of para-hydroxylation sites is 1. The lowest BCUT2D eigenvalue weighted by Crippen LogP contribution is -2.32. The molecule has 0 saturated heterocycles. The molecule has 27 heavy (non-hydrogen) atoms. The summed E-state index contributed by atoms with van der Waals surface area (Å²) in [5.74, 6) is 0.704. The minimum absolute atomic E-state index is 0.0109. The third-order valence-corrected chi connectivity index (χ3v) is 4.94. The van der Waals surface area contributed by atoms with Gasteiger partial charge in [0.25, 0.3) is 0 Å². The molecule has 0 aliphatic carbocycles. The summed E-state index contributed by atoms with van der Waals surface area (Å²) in [6.07, 6.45) is 1.13. The van der Waals surface area contributed by atoms with Crippen molar-refractivity contribution in [1.82, 2.24) is 5.32 Å². The van der Waals surface area contributed by atoms with E-state index in [2.05, 4.69) is 5.32 Å². The SMILES string of the molecule is O=C(CCC(=O)c1ccc2ccccc2c1)N[C@@H]1CCOc2ccccc21. The number of benzene rings is 3. The van der Waals surface area contributed by atoms with Gasteiger partial charge in [0.05, 0.1) is 12.6 Å². The summed E-state index contributed by atoms with van der Waals surface area (Å²) < 4.78 is 5.62. The van der Waals surface area contributed by atoms with Gasteiger partial charge in [-0.3, -0.25) is 9.59 Å². The van der Waals surface area contributed by atoms with Gasteiger partial charge in [0.2, 0.25) is 5.91 Å². The van der Waals surface area contributed by atoms with Crippen LogP contribution in [-0.2, 0) is 4.79 Å². The minimum atomic E-state index is -0.106. The zero-order chi connectivity index (χ0) is 18.6. The molecule has 1 heterocycles. The third kappa shape index (κ3) is 3.85. The van der Waals surface area contributed by atoms with Gasteiger partial charge < -0.3 is 10.1 Å². The van der Waals surface area contributed by atoms with Crippen molar-refractivity contribution in [2.75, 3.05) is 6.61 Å². The number of carbonyl (C=O) groups is 2. The number of carbonyl (C=O) groups excluding carboxylic acids is 2. The number of Topliss-reactive ketones (excluding diaryl/α,β-unsaturated/α-hetero) is 1. The summed E-state index contributed by atoms with van der Waals surface area (Å²) in [5.41, 5.74) is 1.65. The van der Waals surface area contributed by atoms with Crippen molar-refractivity contribution >= 4 is 22.5 Å². The highest BCUT2D eigenvalue weighted by atomic mass is 16.5. The fourth-order valence-corrected chi connectivity index (χ4v) is 3.49. The number of ether oxygens (including phenoxy) is 1. The Bertz CT molecular complexity index is 996. The summed E-state index contributed by atoms with van der Waals surface area (Å²) in [6.45, 7) is 0.581. The van der Waals surface area contributed by atoms with E-state index in [-0.39, 0.29) is 30.6 Å². The van der Waals surface area contributed by atoms with E-state index in [1.807, 2.05) is 66.7 Å². The van der Waals surface area contributed by atoms with Crippen LogP contribution in [0, 0.1) is 0 Å². The number of nitrogens with one attached hydrogen (secondary N) is 1. The number of amides is 1. The number of rotatable bonds is 5. The molecule has 1 aliphatic rings. The van der Waals surface area contributed by atoms with Gasteiger partial charge in [0.15, 0.2) is 5.78 Å². The van der Waals surface area contributed by atoms with Gasteiger partial charge in [-0.2, -0.15) is 0 Å². The van der Waals surface area contributed by atoms with Crippen LogP contribution in [0.5, 0.6) is 5.75 Å². The second-order valence-electron chi connectivity index (χ2n) is 6.78. The van der Waals surface area contributed by atoms with Crippen LogP contribution in [0.3, 0.4) is 0 Å². The van der Waals surface area contributed by atoms with Crippen LogP contribution in [0.15, 0.2) is 66.7 Å². The fraction of sp³-hybridized carbons (Fsp3) is 0.217. The lowest BCUT2D eigenvalue weighted by Gasteiger charge is -2.26. The van der Waals surface area contributed by atoms with Crippen LogP contribution in [0.1, 0.15) is 41.2 Å².